The molecule has 13 nitrogen and oxygen atoms in total. The summed E-state index contributed by atoms with van der Waals surface area (Å²) in [7, 11) is 2.14. The summed E-state index contributed by atoms with van der Waals surface area (Å²) < 4.78 is 20.6. The van der Waals surface area contributed by atoms with Crippen LogP contribution >= 0.6 is 23.2 Å². The van der Waals surface area contributed by atoms with Gasteiger partial charge in [-0.05, 0) is 98.8 Å². The number of fused-ring (bicyclic) bond motifs is 1. The summed E-state index contributed by atoms with van der Waals surface area (Å²) >= 11 is 12.7. The lowest BCUT2D eigenvalue weighted by Gasteiger charge is -2.35. The van der Waals surface area contributed by atoms with Crippen molar-refractivity contribution < 1.29 is 23.8 Å². The summed E-state index contributed by atoms with van der Waals surface area (Å²) in [5, 5.41) is 3.67. The molecule has 4 aromatic carbocycles. The Morgan fingerprint density at radius 2 is 1.69 bits per heavy atom. The maximum absolute atomic E-state index is 11.6. The number of rotatable bonds is 12. The van der Waals surface area contributed by atoms with Crippen LogP contribution in [0.25, 0.3) is 10.8 Å². The van der Waals surface area contributed by atoms with Crippen LogP contribution in [-0.2, 0) is 33.1 Å². The van der Waals surface area contributed by atoms with Crippen molar-refractivity contribution >= 4 is 51.5 Å². The first-order valence-electron chi connectivity index (χ1n) is 22.4. The number of halogens is 2. The Morgan fingerprint density at radius 3 is 2.37 bits per heavy atom. The summed E-state index contributed by atoms with van der Waals surface area (Å²) in [6.45, 7) is 14.0. The van der Waals surface area contributed by atoms with Gasteiger partial charge in [-0.3, -0.25) is 24.9 Å². The minimum absolute atomic E-state index is 0.0686. The molecule has 2 aliphatic rings. The van der Waals surface area contributed by atoms with Crippen LogP contribution in [0.2, 0.25) is 10.0 Å². The third kappa shape index (κ3) is 15.1. The highest BCUT2D eigenvalue weighted by atomic mass is 35.5. The van der Waals surface area contributed by atoms with Gasteiger partial charge in [-0.1, -0.05) is 89.6 Å². The van der Waals surface area contributed by atoms with Gasteiger partial charge in [0.1, 0.15) is 18.5 Å². The van der Waals surface area contributed by atoms with Crippen molar-refractivity contribution in [2.24, 2.45) is 11.3 Å². The molecule has 356 valence electrons. The molecule has 8 rings (SSSR count). The van der Waals surface area contributed by atoms with Crippen molar-refractivity contribution in [3.05, 3.63) is 167 Å². The van der Waals surface area contributed by atoms with E-state index in [1.165, 1.54) is 28.7 Å². The quantitative estimate of drug-likeness (QED) is 0.0530. The van der Waals surface area contributed by atoms with Crippen molar-refractivity contribution in [3.8, 4) is 17.6 Å². The zero-order valence-corrected chi connectivity index (χ0v) is 40.8. The van der Waals surface area contributed by atoms with Gasteiger partial charge in [0.2, 0.25) is 11.7 Å². The minimum Gasteiger partial charge on any atom is -0.491 e. The topological polar surface area (TPSA) is 140 Å². The van der Waals surface area contributed by atoms with Crippen LogP contribution in [0.3, 0.4) is 0 Å². The van der Waals surface area contributed by atoms with Gasteiger partial charge in [0.05, 0.1) is 24.5 Å². The second kappa shape index (κ2) is 24.7. The largest absolute Gasteiger partial charge is 0.491 e. The molecule has 2 amide bonds. The van der Waals surface area contributed by atoms with Crippen molar-refractivity contribution in [3.63, 3.8) is 0 Å². The lowest BCUT2D eigenvalue weighted by Crippen LogP contribution is -2.48. The molecular formula is C53H60Cl2N8O5. The van der Waals surface area contributed by atoms with Crippen molar-refractivity contribution in [2.75, 3.05) is 57.9 Å². The highest BCUT2D eigenvalue weighted by molar-refractivity contribution is 6.35. The van der Waals surface area contributed by atoms with Crippen LogP contribution in [0, 0.1) is 17.3 Å². The number of amides is 2. The van der Waals surface area contributed by atoms with Crippen molar-refractivity contribution in [1.82, 2.24) is 29.8 Å². The summed E-state index contributed by atoms with van der Waals surface area (Å²) in [4.78, 5) is 36.6. The molecule has 2 fully saturated rings. The fraction of sp³-hybridized carbons (Fsp3) is 0.321. The highest BCUT2D eigenvalue weighted by Gasteiger charge is 2.45. The van der Waals surface area contributed by atoms with Gasteiger partial charge >= 0.3 is 0 Å². The Bertz CT molecular complexity index is 2640. The number of aromatic nitrogens is 3. The van der Waals surface area contributed by atoms with Gasteiger partial charge in [0.25, 0.3) is 5.91 Å². The average molecular weight is 960 g/mol. The fourth-order valence-electron chi connectivity index (χ4n) is 7.52. The first-order valence-corrected chi connectivity index (χ1v) is 23.2. The summed E-state index contributed by atoms with van der Waals surface area (Å²) in [5.41, 5.74) is 5.79. The normalized spacial score (nSPS) is 16.9. The van der Waals surface area contributed by atoms with E-state index in [9.17, 15) is 9.59 Å². The maximum atomic E-state index is 11.6. The molecular weight excluding hydrogens is 900 g/mol. The molecule has 68 heavy (non-hydrogen) atoms. The summed E-state index contributed by atoms with van der Waals surface area (Å²) in [6, 6.07) is 31.5. The zero-order chi connectivity index (χ0) is 48.5. The van der Waals surface area contributed by atoms with E-state index >= 15 is 0 Å². The minimum atomic E-state index is -1.08. The number of hydrogen-bond donors (Lipinski definition) is 2. The lowest BCUT2D eigenvalue weighted by molar-refractivity contribution is -0.189. The van der Waals surface area contributed by atoms with Gasteiger partial charge in [-0.25, -0.2) is 10.8 Å². The maximum Gasteiger partial charge on any atom is 0.265 e. The standard InChI is InChI=1S/C26H28Cl2N4O4.C21H25N.C6H7N3O/c1-19(33)31-10-12-32(13-11-31)21-3-5-22(6-4-21)34-15-23-16-35-26(36-23,17-30-9-8-29-18-30)24-7-2-20(27)14-25(24)28;1-21(2,3)15-8-5-9-16-22(4)17-19-13-10-12-18-11-6-7-14-20(18)19;7-9-6(10)5-1-3-8-4-2-5/h2-9,14,18,23H,10-13,15-17H2,1H3;5-7,9-14H,16-17H2,1-4H3;1-4H,7H2,(H,9,10)/b;9-5+;/t23-,26-;;/m0../s1. The SMILES string of the molecule is CC(=O)N1CCN(c2ccc(OC[C@H]3CO[C@](Cn4ccnc4)(c4ccc(Cl)cc4Cl)O3)cc2)CC1.CN(C/C=C/C#CC(C)(C)C)Cc1cccc2ccccc12.NNC(=O)c1ccncc1. The molecule has 2 aliphatic heterocycles. The number of nitrogens with one attached hydrogen (secondary N) is 1. The van der Waals surface area contributed by atoms with E-state index in [1.54, 1.807) is 43.7 Å². The van der Waals surface area contributed by atoms with Gasteiger partial charge in [0.15, 0.2) is 0 Å². The molecule has 15 heteroatoms. The third-order valence-corrected chi connectivity index (χ3v) is 11.5. The van der Waals surface area contributed by atoms with Crippen LogP contribution < -0.4 is 20.9 Å². The Labute approximate surface area is 409 Å². The van der Waals surface area contributed by atoms with Gasteiger partial charge in [-0.15, -0.1) is 0 Å². The first-order chi connectivity index (χ1) is 32.7. The Kier molecular flexibility index (Phi) is 18.6. The second-order valence-electron chi connectivity index (χ2n) is 17.4. The zero-order valence-electron chi connectivity index (χ0n) is 39.3. The number of nitrogens with two attached hydrogens (primary N) is 1. The number of piperazine rings is 1. The van der Waals surface area contributed by atoms with Gasteiger partial charge in [0, 0.05) is 98.2 Å². The molecule has 0 saturated carbocycles. The number of nitrogen functional groups attached to an aromatic ring is 1. The molecule has 3 N–H and O–H groups in total. The number of likely N-dealkylation sites (N-methyl/N-ethyl adjacent to an activating group) is 1. The molecule has 2 aromatic heterocycles. The van der Waals surface area contributed by atoms with Gasteiger partial charge in [-0.2, -0.15) is 0 Å². The fourth-order valence-corrected chi connectivity index (χ4v) is 8.07. The van der Waals surface area contributed by atoms with Crippen LogP contribution in [0.5, 0.6) is 5.75 Å². The van der Waals surface area contributed by atoms with E-state index in [1.807, 2.05) is 57.5 Å². The summed E-state index contributed by atoms with van der Waals surface area (Å²) in [6.07, 6.45) is 12.1. The predicted octanol–water partition coefficient (Wildman–Crippen LogP) is 8.77. The van der Waals surface area contributed by atoms with E-state index in [4.69, 9.17) is 43.3 Å². The van der Waals surface area contributed by atoms with E-state index in [-0.39, 0.29) is 23.3 Å². The number of hydrogen-bond acceptors (Lipinski definition) is 10. The predicted molar refractivity (Wildman–Crippen MR) is 270 cm³/mol. The van der Waals surface area contributed by atoms with Crippen molar-refractivity contribution in [2.45, 2.75) is 52.7 Å². The number of benzene rings is 4. The Balaban J connectivity index is 0.000000200. The second-order valence-corrected chi connectivity index (χ2v) is 18.3. The highest BCUT2D eigenvalue weighted by Crippen LogP contribution is 2.40. The number of carbonyl (C=O) groups is 2. The molecule has 4 heterocycles. The number of carbonyl (C=O) groups excluding carboxylic acids is 2. The molecule has 0 bridgehead atoms. The average Bonchev–Trinajstić information content (AvgIpc) is 4.01. The number of pyridine rings is 1. The number of ether oxygens (including phenoxy) is 3. The van der Waals surface area contributed by atoms with E-state index < -0.39 is 5.79 Å². The smallest absolute Gasteiger partial charge is 0.265 e. The van der Waals surface area contributed by atoms with E-state index in [0.717, 1.165) is 50.7 Å². The van der Waals surface area contributed by atoms with E-state index in [2.05, 4.69) is 108 Å². The van der Waals surface area contributed by atoms with Crippen LogP contribution in [0.1, 0.15) is 49.2 Å². The van der Waals surface area contributed by atoms with Gasteiger partial charge < -0.3 is 28.6 Å². The molecule has 0 unspecified atom stereocenters. The molecule has 0 spiro atoms. The number of allylic oxidation sites excluding steroid dienone is 1. The molecule has 0 radical (unpaired) electrons. The summed E-state index contributed by atoms with van der Waals surface area (Å²) in [5.74, 6) is 10.7. The number of anilines is 1. The van der Waals surface area contributed by atoms with Crippen LogP contribution in [0.4, 0.5) is 5.69 Å². The third-order valence-electron chi connectivity index (χ3n) is 11.0. The molecule has 0 aliphatic carbocycles. The lowest BCUT2D eigenvalue weighted by atomic mass is 9.98. The molecule has 6 aromatic rings. The van der Waals surface area contributed by atoms with E-state index in [0.29, 0.717) is 40.9 Å². The number of imidazole rings is 1. The van der Waals surface area contributed by atoms with Crippen molar-refractivity contribution in [1.29, 1.82) is 0 Å². The number of hydrazine groups is 1. The Hall–Kier alpha value is -6.24. The molecule has 2 saturated heterocycles. The van der Waals surface area contributed by atoms with Crippen LogP contribution in [0.15, 0.2) is 140 Å². The van der Waals surface area contributed by atoms with Crippen LogP contribution in [-0.4, -0.2) is 95.2 Å². The number of nitrogens with zero attached hydrogens (tertiary/aromatic N) is 6. The first kappa shape index (κ1) is 51.2. The molecule has 2 atom stereocenters. The monoisotopic (exact) mass is 958 g/mol. The Morgan fingerprint density at radius 1 is 0.956 bits per heavy atom.